The van der Waals surface area contributed by atoms with Crippen LogP contribution in [-0.4, -0.2) is 27.6 Å². The Morgan fingerprint density at radius 1 is 1.08 bits per heavy atom. The van der Waals surface area contributed by atoms with E-state index >= 15 is 4.39 Å². The molecule has 0 fully saturated rings. The molecule has 1 heterocycles. The van der Waals surface area contributed by atoms with E-state index in [-0.39, 0.29) is 22.4 Å². The molecule has 1 atom stereocenters. The highest BCUT2D eigenvalue weighted by Crippen LogP contribution is 2.36. The summed E-state index contributed by atoms with van der Waals surface area (Å²) < 4.78 is 69.2. The van der Waals surface area contributed by atoms with E-state index in [0.29, 0.717) is 29.0 Å². The second-order valence-electron chi connectivity index (χ2n) is 8.39. The van der Waals surface area contributed by atoms with Crippen LogP contribution in [0, 0.1) is 11.6 Å². The highest BCUT2D eigenvalue weighted by Gasteiger charge is 2.32. The Balaban J connectivity index is 1.72. The first-order valence-corrected chi connectivity index (χ1v) is 14.5. The standard InChI is InChI=1S/C27H26ClF2N3O4S2/c1-4-23(19-7-5-6-8-21(19)29)32-24-15-22(30)26(14-20(24)28)39(34,35)33(27-31-11-12-38-27)16-17-9-10-18(36-2)13-25(17)37-3/h5-15,23,32H,4,16H2,1-3H3. The van der Waals surface area contributed by atoms with Crippen LogP contribution in [-0.2, 0) is 16.6 Å². The minimum atomic E-state index is -4.48. The zero-order chi connectivity index (χ0) is 28.2. The van der Waals surface area contributed by atoms with E-state index in [0.717, 1.165) is 27.8 Å². The number of nitrogens with one attached hydrogen (secondary N) is 1. The van der Waals surface area contributed by atoms with Gasteiger partial charge in [0.1, 0.15) is 28.0 Å². The molecule has 39 heavy (non-hydrogen) atoms. The number of nitrogens with zero attached hydrogens (tertiary/aromatic N) is 2. The highest BCUT2D eigenvalue weighted by molar-refractivity contribution is 7.93. The van der Waals surface area contributed by atoms with E-state index in [1.54, 1.807) is 41.8 Å². The number of rotatable bonds is 11. The first kappa shape index (κ1) is 28.6. The van der Waals surface area contributed by atoms with Crippen molar-refractivity contribution in [2.24, 2.45) is 0 Å². The lowest BCUT2D eigenvalue weighted by Crippen LogP contribution is -2.31. The first-order chi connectivity index (χ1) is 18.7. The quantitative estimate of drug-likeness (QED) is 0.201. The summed E-state index contributed by atoms with van der Waals surface area (Å²) in [5.74, 6) is -0.516. The maximum atomic E-state index is 15.5. The lowest BCUT2D eigenvalue weighted by molar-refractivity contribution is 0.391. The van der Waals surface area contributed by atoms with E-state index in [9.17, 15) is 12.8 Å². The highest BCUT2D eigenvalue weighted by atomic mass is 35.5. The Morgan fingerprint density at radius 2 is 1.85 bits per heavy atom. The summed E-state index contributed by atoms with van der Waals surface area (Å²) in [6.45, 7) is 1.65. The molecule has 0 aliphatic rings. The monoisotopic (exact) mass is 593 g/mol. The van der Waals surface area contributed by atoms with Gasteiger partial charge in [-0.25, -0.2) is 26.5 Å². The van der Waals surface area contributed by atoms with Crippen molar-refractivity contribution in [3.05, 3.63) is 94.0 Å². The molecule has 0 aliphatic heterocycles. The van der Waals surface area contributed by atoms with E-state index in [4.69, 9.17) is 21.1 Å². The van der Waals surface area contributed by atoms with Crippen LogP contribution in [0.4, 0.5) is 19.6 Å². The molecule has 0 amide bonds. The Hall–Kier alpha value is -3.41. The van der Waals surface area contributed by atoms with Gasteiger partial charge >= 0.3 is 0 Å². The summed E-state index contributed by atoms with van der Waals surface area (Å²) in [7, 11) is -1.52. The molecule has 7 nitrogen and oxygen atoms in total. The molecular formula is C27H26ClF2N3O4S2. The van der Waals surface area contributed by atoms with Crippen molar-refractivity contribution in [1.82, 2.24) is 4.98 Å². The van der Waals surface area contributed by atoms with Crippen molar-refractivity contribution < 1.29 is 26.7 Å². The summed E-state index contributed by atoms with van der Waals surface area (Å²) in [5.41, 5.74) is 1.04. The lowest BCUT2D eigenvalue weighted by atomic mass is 10.0. The summed E-state index contributed by atoms with van der Waals surface area (Å²) in [6.07, 6.45) is 1.93. The van der Waals surface area contributed by atoms with Gasteiger partial charge in [0.15, 0.2) is 5.13 Å². The third kappa shape index (κ3) is 6.10. The Bertz CT molecular complexity index is 1550. The average molecular weight is 594 g/mol. The molecule has 0 radical (unpaired) electrons. The molecule has 0 saturated heterocycles. The number of thiazole rings is 1. The summed E-state index contributed by atoms with van der Waals surface area (Å²) in [6, 6.07) is 12.7. The van der Waals surface area contributed by atoms with Gasteiger partial charge in [-0.1, -0.05) is 36.7 Å². The number of hydrogen-bond donors (Lipinski definition) is 1. The van der Waals surface area contributed by atoms with Crippen LogP contribution < -0.4 is 19.1 Å². The fourth-order valence-corrected chi connectivity index (χ4v) is 6.66. The molecule has 0 aliphatic carbocycles. The van der Waals surface area contributed by atoms with Crippen LogP contribution in [0.25, 0.3) is 0 Å². The molecular weight excluding hydrogens is 568 g/mol. The number of benzene rings is 3. The molecule has 1 unspecified atom stereocenters. The third-order valence-corrected chi connectivity index (χ3v) is 9.02. The number of halogens is 3. The lowest BCUT2D eigenvalue weighted by Gasteiger charge is -2.24. The van der Waals surface area contributed by atoms with Crippen LogP contribution in [0.2, 0.25) is 5.02 Å². The van der Waals surface area contributed by atoms with Gasteiger partial charge in [-0.2, -0.15) is 0 Å². The SMILES string of the molecule is CCC(Nc1cc(F)c(S(=O)(=O)N(Cc2ccc(OC)cc2OC)c2nccs2)cc1Cl)c1ccccc1F. The number of hydrogen-bond acceptors (Lipinski definition) is 7. The first-order valence-electron chi connectivity index (χ1n) is 11.8. The van der Waals surface area contributed by atoms with Gasteiger partial charge in [0.25, 0.3) is 10.0 Å². The van der Waals surface area contributed by atoms with Crippen LogP contribution >= 0.6 is 22.9 Å². The van der Waals surface area contributed by atoms with Crippen molar-refractivity contribution in [3.63, 3.8) is 0 Å². The summed E-state index contributed by atoms with van der Waals surface area (Å²) in [4.78, 5) is 3.53. The van der Waals surface area contributed by atoms with Crippen molar-refractivity contribution in [2.45, 2.75) is 30.8 Å². The molecule has 12 heteroatoms. The van der Waals surface area contributed by atoms with Gasteiger partial charge in [-0.05, 0) is 36.8 Å². The molecule has 0 saturated carbocycles. The van der Waals surface area contributed by atoms with Crippen molar-refractivity contribution >= 4 is 43.8 Å². The van der Waals surface area contributed by atoms with Gasteiger partial charge in [0, 0.05) is 28.8 Å². The minimum absolute atomic E-state index is 0.0362. The molecule has 1 aromatic heterocycles. The summed E-state index contributed by atoms with van der Waals surface area (Å²) >= 11 is 7.54. The molecule has 0 spiro atoms. The molecule has 206 valence electrons. The maximum absolute atomic E-state index is 15.5. The van der Waals surface area contributed by atoms with E-state index < -0.39 is 32.6 Å². The van der Waals surface area contributed by atoms with Gasteiger partial charge in [0.05, 0.1) is 37.5 Å². The minimum Gasteiger partial charge on any atom is -0.497 e. The smallest absolute Gasteiger partial charge is 0.269 e. The normalized spacial score (nSPS) is 12.2. The van der Waals surface area contributed by atoms with Crippen LogP contribution in [0.3, 0.4) is 0 Å². The van der Waals surface area contributed by atoms with Crippen molar-refractivity contribution in [1.29, 1.82) is 0 Å². The van der Waals surface area contributed by atoms with Gasteiger partial charge < -0.3 is 14.8 Å². The second-order valence-corrected chi connectivity index (χ2v) is 11.5. The molecule has 0 bridgehead atoms. The number of ether oxygens (including phenoxy) is 2. The number of aromatic nitrogens is 1. The van der Waals surface area contributed by atoms with E-state index in [1.807, 2.05) is 6.92 Å². The molecule has 1 N–H and O–H groups in total. The molecule has 3 aromatic carbocycles. The Labute approximate surface area is 235 Å². The predicted octanol–water partition coefficient (Wildman–Crippen LogP) is 7.05. The summed E-state index contributed by atoms with van der Waals surface area (Å²) in [5, 5.41) is 4.75. The van der Waals surface area contributed by atoms with Gasteiger partial charge in [0.2, 0.25) is 0 Å². The van der Waals surface area contributed by atoms with E-state index in [1.165, 1.54) is 26.5 Å². The second kappa shape index (κ2) is 12.2. The number of methoxy groups -OCH3 is 2. The zero-order valence-electron chi connectivity index (χ0n) is 21.3. The average Bonchev–Trinajstić information content (AvgIpc) is 3.46. The van der Waals surface area contributed by atoms with Crippen LogP contribution in [0.1, 0.15) is 30.5 Å². The van der Waals surface area contributed by atoms with Crippen LogP contribution in [0.5, 0.6) is 11.5 Å². The predicted molar refractivity (Wildman–Crippen MR) is 149 cm³/mol. The molecule has 4 rings (SSSR count). The Kier molecular flexibility index (Phi) is 8.94. The third-order valence-electron chi connectivity index (χ3n) is 6.05. The fraction of sp³-hybridized carbons (Fsp3) is 0.222. The largest absolute Gasteiger partial charge is 0.497 e. The Morgan fingerprint density at radius 3 is 2.49 bits per heavy atom. The van der Waals surface area contributed by atoms with Crippen LogP contribution in [0.15, 0.2) is 71.1 Å². The van der Waals surface area contributed by atoms with E-state index in [2.05, 4.69) is 10.3 Å². The number of sulfonamides is 1. The maximum Gasteiger partial charge on any atom is 0.269 e. The van der Waals surface area contributed by atoms with Gasteiger partial charge in [-0.3, -0.25) is 0 Å². The topological polar surface area (TPSA) is 80.8 Å². The van der Waals surface area contributed by atoms with Crippen molar-refractivity contribution in [3.8, 4) is 11.5 Å². The zero-order valence-corrected chi connectivity index (χ0v) is 23.7. The van der Waals surface area contributed by atoms with Gasteiger partial charge in [-0.15, -0.1) is 11.3 Å². The van der Waals surface area contributed by atoms with Crippen molar-refractivity contribution in [2.75, 3.05) is 23.8 Å². The molecule has 4 aromatic rings. The fourth-order valence-electron chi connectivity index (χ4n) is 4.03. The number of anilines is 2.